The van der Waals surface area contributed by atoms with Crippen LogP contribution in [0.3, 0.4) is 0 Å². The van der Waals surface area contributed by atoms with Gasteiger partial charge in [-0.1, -0.05) is 0 Å². The van der Waals surface area contributed by atoms with Gasteiger partial charge in [0.15, 0.2) is 0 Å². The molecule has 88 valence electrons. The van der Waals surface area contributed by atoms with E-state index in [9.17, 15) is 14.9 Å². The molecule has 0 saturated carbocycles. The maximum atomic E-state index is 11.3. The molecular formula is C8H12N4O4. The van der Waals surface area contributed by atoms with Crippen molar-refractivity contribution in [1.82, 2.24) is 14.6 Å². The van der Waals surface area contributed by atoms with Gasteiger partial charge >= 0.3 is 5.82 Å². The summed E-state index contributed by atoms with van der Waals surface area (Å²) in [7, 11) is 2.89. The Morgan fingerprint density at radius 3 is 2.94 bits per heavy atom. The van der Waals surface area contributed by atoms with Crippen molar-refractivity contribution < 1.29 is 14.6 Å². The van der Waals surface area contributed by atoms with Crippen molar-refractivity contribution in [3.05, 3.63) is 22.6 Å². The van der Waals surface area contributed by atoms with Crippen LogP contribution in [0.4, 0.5) is 5.82 Å². The minimum Gasteiger partial charge on any atom is -0.358 e. The van der Waals surface area contributed by atoms with Crippen LogP contribution in [-0.2, 0) is 16.2 Å². The molecule has 0 atom stereocenters. The first-order valence-corrected chi connectivity index (χ1v) is 4.51. The van der Waals surface area contributed by atoms with E-state index >= 15 is 0 Å². The summed E-state index contributed by atoms with van der Waals surface area (Å²) in [4.78, 5) is 29.3. The second-order valence-electron chi connectivity index (χ2n) is 3.05. The van der Waals surface area contributed by atoms with Gasteiger partial charge in [0.05, 0.1) is 7.11 Å². The Morgan fingerprint density at radius 1 is 1.75 bits per heavy atom. The van der Waals surface area contributed by atoms with E-state index in [1.807, 2.05) is 0 Å². The Labute approximate surface area is 91.5 Å². The van der Waals surface area contributed by atoms with E-state index in [4.69, 9.17) is 4.84 Å². The number of hydrogen-bond acceptors (Lipinski definition) is 5. The fraction of sp³-hybridized carbons (Fsp3) is 0.500. The second-order valence-corrected chi connectivity index (χ2v) is 3.05. The molecule has 1 heterocycles. The van der Waals surface area contributed by atoms with Gasteiger partial charge in [0.25, 0.3) is 0 Å². The van der Waals surface area contributed by atoms with Crippen LogP contribution >= 0.6 is 0 Å². The van der Waals surface area contributed by atoms with E-state index in [0.29, 0.717) is 6.54 Å². The Balaban J connectivity index is 2.48. The number of imidazole rings is 1. The highest BCUT2D eigenvalue weighted by Gasteiger charge is 2.12. The minimum atomic E-state index is -0.584. The lowest BCUT2D eigenvalue weighted by atomic mass is 10.4. The van der Waals surface area contributed by atoms with Gasteiger partial charge in [-0.3, -0.25) is 9.63 Å². The fourth-order valence-electron chi connectivity index (χ4n) is 1.05. The van der Waals surface area contributed by atoms with E-state index in [0.717, 1.165) is 5.06 Å². The van der Waals surface area contributed by atoms with Crippen molar-refractivity contribution in [1.29, 1.82) is 0 Å². The number of amides is 1. The van der Waals surface area contributed by atoms with Gasteiger partial charge in [-0.05, 0) is 9.91 Å². The third-order valence-corrected chi connectivity index (χ3v) is 2.02. The van der Waals surface area contributed by atoms with Gasteiger partial charge in [-0.2, -0.15) is 0 Å². The van der Waals surface area contributed by atoms with Crippen molar-refractivity contribution in [3.8, 4) is 0 Å². The van der Waals surface area contributed by atoms with E-state index in [-0.39, 0.29) is 18.1 Å². The molecule has 0 unspecified atom stereocenters. The summed E-state index contributed by atoms with van der Waals surface area (Å²) in [5.41, 5.74) is 0. The van der Waals surface area contributed by atoms with Gasteiger partial charge in [-0.25, -0.2) is 5.06 Å². The number of hydrogen-bond donors (Lipinski definition) is 0. The minimum absolute atomic E-state index is 0.192. The van der Waals surface area contributed by atoms with Gasteiger partial charge in [0.1, 0.15) is 6.20 Å². The molecule has 0 spiro atoms. The van der Waals surface area contributed by atoms with Crippen molar-refractivity contribution in [2.75, 3.05) is 14.2 Å². The molecule has 16 heavy (non-hydrogen) atoms. The molecule has 0 saturated heterocycles. The summed E-state index contributed by atoms with van der Waals surface area (Å²) in [6.45, 7) is 0.327. The van der Waals surface area contributed by atoms with E-state index in [2.05, 4.69) is 4.98 Å². The number of carbonyl (C=O) groups is 1. The first-order valence-electron chi connectivity index (χ1n) is 4.51. The predicted molar refractivity (Wildman–Crippen MR) is 53.3 cm³/mol. The number of aryl methyl sites for hydroxylation is 1. The lowest BCUT2D eigenvalue weighted by Crippen LogP contribution is -2.26. The summed E-state index contributed by atoms with van der Waals surface area (Å²) in [6, 6.07) is 0. The lowest BCUT2D eigenvalue weighted by molar-refractivity contribution is -0.389. The molecule has 8 heteroatoms. The summed E-state index contributed by atoms with van der Waals surface area (Å²) in [5, 5.41) is 11.4. The van der Waals surface area contributed by atoms with Crippen molar-refractivity contribution >= 4 is 11.7 Å². The SMILES string of the molecule is CON(C)C(=O)CCn1cnc([N+](=O)[O-])c1. The van der Waals surface area contributed by atoms with Crippen molar-refractivity contribution in [2.24, 2.45) is 0 Å². The molecule has 1 aromatic rings. The fourth-order valence-corrected chi connectivity index (χ4v) is 1.05. The first-order chi connectivity index (χ1) is 7.54. The van der Waals surface area contributed by atoms with Crippen LogP contribution in [0.15, 0.2) is 12.5 Å². The Bertz CT molecular complexity index is 389. The third kappa shape index (κ3) is 3.02. The average Bonchev–Trinajstić information content (AvgIpc) is 2.73. The van der Waals surface area contributed by atoms with Crippen molar-refractivity contribution in [3.63, 3.8) is 0 Å². The zero-order valence-corrected chi connectivity index (χ0v) is 8.99. The Morgan fingerprint density at radius 2 is 2.44 bits per heavy atom. The number of carbonyl (C=O) groups excluding carboxylic acids is 1. The highest BCUT2D eigenvalue weighted by molar-refractivity contribution is 5.74. The molecule has 1 aromatic heterocycles. The van der Waals surface area contributed by atoms with E-state index in [1.54, 1.807) is 0 Å². The zero-order valence-electron chi connectivity index (χ0n) is 8.99. The van der Waals surface area contributed by atoms with Crippen LogP contribution in [0, 0.1) is 10.1 Å². The predicted octanol–water partition coefficient (Wildman–Crippen LogP) is 0.201. The van der Waals surface area contributed by atoms with Crippen LogP contribution < -0.4 is 0 Å². The molecule has 0 N–H and O–H groups in total. The summed E-state index contributed by atoms with van der Waals surface area (Å²) in [6.07, 6.45) is 2.79. The van der Waals surface area contributed by atoms with Crippen molar-refractivity contribution in [2.45, 2.75) is 13.0 Å². The third-order valence-electron chi connectivity index (χ3n) is 2.02. The summed E-state index contributed by atoms with van der Waals surface area (Å²) < 4.78 is 1.49. The second kappa shape index (κ2) is 5.21. The lowest BCUT2D eigenvalue weighted by Gasteiger charge is -2.12. The molecule has 0 aromatic carbocycles. The zero-order chi connectivity index (χ0) is 12.1. The highest BCUT2D eigenvalue weighted by Crippen LogP contribution is 2.06. The molecule has 0 bridgehead atoms. The van der Waals surface area contributed by atoms with Crippen LogP contribution in [0.25, 0.3) is 0 Å². The number of nitrogens with zero attached hydrogens (tertiary/aromatic N) is 4. The number of rotatable bonds is 5. The molecule has 0 aliphatic carbocycles. The monoisotopic (exact) mass is 228 g/mol. The average molecular weight is 228 g/mol. The smallest absolute Gasteiger partial charge is 0.358 e. The standard InChI is InChI=1S/C8H12N4O4/c1-10(16-2)8(13)3-4-11-5-7(9-6-11)12(14)15/h5-6H,3-4H2,1-2H3. The molecule has 0 radical (unpaired) electrons. The topological polar surface area (TPSA) is 90.5 Å². The van der Waals surface area contributed by atoms with Crippen LogP contribution in [0.5, 0.6) is 0 Å². The maximum Gasteiger partial charge on any atom is 0.381 e. The normalized spacial score (nSPS) is 10.1. The summed E-state index contributed by atoms with van der Waals surface area (Å²) >= 11 is 0. The van der Waals surface area contributed by atoms with E-state index < -0.39 is 4.92 Å². The van der Waals surface area contributed by atoms with Gasteiger partial charge in [-0.15, -0.1) is 0 Å². The van der Waals surface area contributed by atoms with Gasteiger partial charge < -0.3 is 14.7 Å². The maximum absolute atomic E-state index is 11.3. The molecular weight excluding hydrogens is 216 g/mol. The van der Waals surface area contributed by atoms with E-state index in [1.165, 1.54) is 31.2 Å². The molecule has 8 nitrogen and oxygen atoms in total. The Hall–Kier alpha value is -1.96. The highest BCUT2D eigenvalue weighted by atomic mass is 16.7. The van der Waals surface area contributed by atoms with Gasteiger partial charge in [0.2, 0.25) is 12.2 Å². The largest absolute Gasteiger partial charge is 0.381 e. The number of hydroxylamine groups is 2. The number of aromatic nitrogens is 2. The summed E-state index contributed by atoms with van der Waals surface area (Å²) in [5.74, 6) is -0.439. The van der Waals surface area contributed by atoms with Crippen LogP contribution in [-0.4, -0.2) is 39.6 Å². The first kappa shape index (κ1) is 12.1. The quantitative estimate of drug-likeness (QED) is 0.530. The Kier molecular flexibility index (Phi) is 3.95. The molecule has 1 amide bonds. The van der Waals surface area contributed by atoms with Crippen LogP contribution in [0.1, 0.15) is 6.42 Å². The number of nitro groups is 1. The molecule has 0 fully saturated rings. The molecule has 0 aliphatic heterocycles. The van der Waals surface area contributed by atoms with Crippen LogP contribution in [0.2, 0.25) is 0 Å². The molecule has 0 aliphatic rings. The molecule has 1 rings (SSSR count). The van der Waals surface area contributed by atoms with Gasteiger partial charge in [0, 0.05) is 20.0 Å².